The Morgan fingerprint density at radius 3 is 1.44 bits per heavy atom. The van der Waals surface area contributed by atoms with Gasteiger partial charge < -0.3 is 18.4 Å². The van der Waals surface area contributed by atoms with E-state index in [-0.39, 0.29) is 0 Å². The molecule has 79 heavy (non-hydrogen) atoms. The van der Waals surface area contributed by atoms with Crippen LogP contribution in [0.15, 0.2) is 255 Å². The lowest BCUT2D eigenvalue weighted by Gasteiger charge is -2.40. The van der Waals surface area contributed by atoms with Crippen molar-refractivity contribution in [2.45, 2.75) is 5.41 Å². The second-order valence-corrected chi connectivity index (χ2v) is 20.8. The van der Waals surface area contributed by atoms with E-state index in [2.05, 4.69) is 238 Å². The summed E-state index contributed by atoms with van der Waals surface area (Å²) in [5, 5.41) is 17.1. The van der Waals surface area contributed by atoms with Crippen molar-refractivity contribution >= 4 is 65.4 Å². The molecule has 0 amide bonds. The molecule has 366 valence electrons. The van der Waals surface area contributed by atoms with Gasteiger partial charge in [-0.2, -0.15) is 5.26 Å². The van der Waals surface area contributed by atoms with Crippen molar-refractivity contribution in [2.75, 3.05) is 0 Å². The van der Waals surface area contributed by atoms with E-state index >= 15 is 0 Å². The minimum Gasteiger partial charge on any atom is -0.456 e. The minimum atomic E-state index is -0.817. The zero-order valence-corrected chi connectivity index (χ0v) is 42.3. The van der Waals surface area contributed by atoms with E-state index in [4.69, 9.17) is 14.7 Å². The highest BCUT2D eigenvalue weighted by molar-refractivity contribution is 6.13. The molecule has 0 atom stereocenters. The van der Waals surface area contributed by atoms with Crippen molar-refractivity contribution in [3.8, 4) is 68.3 Å². The summed E-state index contributed by atoms with van der Waals surface area (Å²) < 4.78 is 14.4. The van der Waals surface area contributed by atoms with Gasteiger partial charge in [-0.25, -0.2) is 0 Å². The molecule has 0 saturated heterocycles. The topological polar surface area (TPSA) is 73.6 Å². The molecule has 1 aliphatic heterocycles. The second kappa shape index (κ2) is 16.3. The van der Waals surface area contributed by atoms with Gasteiger partial charge in [-0.1, -0.05) is 121 Å². The molecule has 1 spiro atoms. The lowest BCUT2D eigenvalue weighted by molar-refractivity contribution is 0.438. The fourth-order valence-corrected chi connectivity index (χ4v) is 13.5. The maximum atomic E-state index is 10.2. The number of pyridine rings is 2. The zero-order valence-electron chi connectivity index (χ0n) is 42.3. The third-order valence-electron chi connectivity index (χ3n) is 16.8. The van der Waals surface area contributed by atoms with Gasteiger partial charge in [-0.05, 0) is 149 Å². The number of nitrogens with zero attached hydrogens (tertiary/aromatic N) is 6. The first-order valence-corrected chi connectivity index (χ1v) is 26.7. The minimum absolute atomic E-state index is 0.615. The molecular weight excluding hydrogens is 965 g/mol. The summed E-state index contributed by atoms with van der Waals surface area (Å²) >= 11 is 0. The molecule has 0 radical (unpaired) electrons. The first kappa shape index (κ1) is 43.4. The summed E-state index contributed by atoms with van der Waals surface area (Å²) in [7, 11) is 0. The van der Waals surface area contributed by atoms with Crippen molar-refractivity contribution in [2.24, 2.45) is 0 Å². The Bertz CT molecular complexity index is 5030. The number of aromatic nitrogens is 5. The highest BCUT2D eigenvalue weighted by Crippen LogP contribution is 2.63. The van der Waals surface area contributed by atoms with E-state index in [1.165, 1.54) is 32.6 Å². The van der Waals surface area contributed by atoms with Crippen LogP contribution in [0.1, 0.15) is 27.8 Å². The molecule has 10 aromatic carbocycles. The molecule has 0 unspecified atom stereocenters. The largest absolute Gasteiger partial charge is 0.456 e. The number of hydrogen-bond donors (Lipinski definition) is 0. The van der Waals surface area contributed by atoms with Crippen LogP contribution >= 0.6 is 0 Å². The van der Waals surface area contributed by atoms with Gasteiger partial charge in [0, 0.05) is 78.5 Å². The molecule has 7 heteroatoms. The van der Waals surface area contributed by atoms with Crippen LogP contribution < -0.4 is 4.74 Å². The smallest absolute Gasteiger partial charge is 0.140 e. The molecule has 15 aromatic rings. The summed E-state index contributed by atoms with van der Waals surface area (Å²) in [4.78, 5) is 10.1. The van der Waals surface area contributed by atoms with Gasteiger partial charge in [-0.3, -0.25) is 9.97 Å². The van der Waals surface area contributed by atoms with Gasteiger partial charge in [0.25, 0.3) is 0 Å². The predicted octanol–water partition coefficient (Wildman–Crippen LogP) is 17.4. The molecule has 0 bridgehead atoms. The third kappa shape index (κ3) is 6.00. The van der Waals surface area contributed by atoms with E-state index in [0.717, 1.165) is 117 Å². The summed E-state index contributed by atoms with van der Waals surface area (Å²) in [6, 6.07) is 89.1. The number of nitriles is 1. The molecule has 0 fully saturated rings. The van der Waals surface area contributed by atoms with Crippen LogP contribution in [0.3, 0.4) is 0 Å². The van der Waals surface area contributed by atoms with E-state index in [0.29, 0.717) is 5.56 Å². The van der Waals surface area contributed by atoms with Crippen LogP contribution in [-0.2, 0) is 5.41 Å². The summed E-state index contributed by atoms with van der Waals surface area (Å²) in [6.07, 6.45) is 3.74. The summed E-state index contributed by atoms with van der Waals surface area (Å²) in [6.45, 7) is 0. The number of rotatable bonds is 5. The first-order valence-electron chi connectivity index (χ1n) is 26.7. The van der Waals surface area contributed by atoms with Crippen molar-refractivity contribution in [1.29, 1.82) is 5.26 Å². The Morgan fingerprint density at radius 1 is 0.354 bits per heavy atom. The highest BCUT2D eigenvalue weighted by Gasteiger charge is 2.53. The zero-order chi connectivity index (χ0) is 51.9. The molecular formula is C72H42N6O. The fraction of sp³-hybridized carbons (Fsp3) is 0.0139. The first-order chi connectivity index (χ1) is 39.1. The second-order valence-electron chi connectivity index (χ2n) is 20.8. The maximum absolute atomic E-state index is 10.2. The SMILES string of the molecule is N#Cc1ccc2c(c1)c1cc(-c3ccc4c(c3)C3(c5cccnc5-c5ncccc53)c3cccc(-c5ccc6c(c5)c5ccccc5n6-c5ccccc5)c3O4)ccc1n2-c1ccc(-n2c3ccccc3c3ccccc32)cc1. The highest BCUT2D eigenvalue weighted by atomic mass is 16.5. The predicted molar refractivity (Wildman–Crippen MR) is 318 cm³/mol. The van der Waals surface area contributed by atoms with Crippen LogP contribution in [-0.4, -0.2) is 23.7 Å². The monoisotopic (exact) mass is 1010 g/mol. The molecule has 6 heterocycles. The fourth-order valence-electron chi connectivity index (χ4n) is 13.5. The lowest BCUT2D eigenvalue weighted by atomic mass is 9.65. The number of fused-ring (bicyclic) bond motifs is 18. The normalized spacial score (nSPS) is 13.0. The van der Waals surface area contributed by atoms with Gasteiger partial charge >= 0.3 is 0 Å². The Balaban J connectivity index is 0.832. The van der Waals surface area contributed by atoms with Gasteiger partial charge in [0.2, 0.25) is 0 Å². The van der Waals surface area contributed by atoms with Crippen molar-refractivity contribution in [3.63, 3.8) is 0 Å². The molecule has 1 aliphatic carbocycles. The van der Waals surface area contributed by atoms with Gasteiger partial charge in [-0.15, -0.1) is 0 Å². The van der Waals surface area contributed by atoms with Gasteiger partial charge in [0.1, 0.15) is 11.5 Å². The number of ether oxygens (including phenoxy) is 1. The van der Waals surface area contributed by atoms with Crippen LogP contribution in [0.4, 0.5) is 0 Å². The standard InChI is InChI=1S/C72H42N6O/c73-43-44-25-33-65-55(39-44)57-40-45(26-34-67(57)78(65)50-31-29-49(30-32-50)77-62-22-7-4-15-52(62)53-16-5-8-23-63(53)77)46-28-36-68-61(42-46)72(58-20-11-37-74-69(58)70-59(72)21-12-38-75-70)60-19-10-18-51(71(60)79-68)47-27-35-66-56(41-47)54-17-6-9-24-64(54)76(66)48-13-2-1-3-14-48/h1-42H. The van der Waals surface area contributed by atoms with E-state index < -0.39 is 5.41 Å². The lowest BCUT2D eigenvalue weighted by Crippen LogP contribution is -2.32. The Kier molecular flexibility index (Phi) is 8.99. The molecule has 2 aliphatic rings. The van der Waals surface area contributed by atoms with Crippen LogP contribution in [0.25, 0.3) is 116 Å². The number of benzene rings is 10. The van der Waals surface area contributed by atoms with Crippen LogP contribution in [0.5, 0.6) is 11.5 Å². The van der Waals surface area contributed by atoms with E-state index in [9.17, 15) is 5.26 Å². The molecule has 7 nitrogen and oxygen atoms in total. The average Bonchev–Trinajstić information content (AvgIpc) is 4.25. The molecule has 5 aromatic heterocycles. The molecule has 17 rings (SSSR count). The summed E-state index contributed by atoms with van der Waals surface area (Å²) in [5.74, 6) is 1.59. The van der Waals surface area contributed by atoms with Crippen molar-refractivity contribution in [3.05, 3.63) is 283 Å². The third-order valence-corrected chi connectivity index (χ3v) is 16.8. The van der Waals surface area contributed by atoms with Crippen LogP contribution in [0.2, 0.25) is 0 Å². The maximum Gasteiger partial charge on any atom is 0.140 e. The van der Waals surface area contributed by atoms with Crippen LogP contribution in [0, 0.1) is 11.3 Å². The Hall–Kier alpha value is -10.8. The number of hydrogen-bond acceptors (Lipinski definition) is 4. The average molecular weight is 1010 g/mol. The van der Waals surface area contributed by atoms with E-state index in [1.54, 1.807) is 0 Å². The number of para-hydroxylation sites is 5. The Morgan fingerprint density at radius 2 is 0.823 bits per heavy atom. The van der Waals surface area contributed by atoms with Gasteiger partial charge in [0.05, 0.1) is 61.5 Å². The van der Waals surface area contributed by atoms with Crippen molar-refractivity contribution in [1.82, 2.24) is 23.7 Å². The van der Waals surface area contributed by atoms with Gasteiger partial charge in [0.15, 0.2) is 0 Å². The molecule has 0 N–H and O–H groups in total. The molecule has 0 saturated carbocycles. The summed E-state index contributed by atoms with van der Waals surface area (Å²) in [5.41, 5.74) is 19.9. The Labute approximate surface area is 453 Å². The van der Waals surface area contributed by atoms with Crippen molar-refractivity contribution < 1.29 is 4.74 Å². The quantitative estimate of drug-likeness (QED) is 0.172. The van der Waals surface area contributed by atoms with E-state index in [1.807, 2.05) is 36.7 Å².